The lowest BCUT2D eigenvalue weighted by molar-refractivity contribution is -0.135. The van der Waals surface area contributed by atoms with E-state index < -0.39 is 0 Å². The van der Waals surface area contributed by atoms with Gasteiger partial charge in [-0.1, -0.05) is 0 Å². The molecule has 1 heterocycles. The van der Waals surface area contributed by atoms with Crippen molar-refractivity contribution in [2.75, 3.05) is 40.5 Å². The van der Waals surface area contributed by atoms with Crippen molar-refractivity contribution in [3.63, 3.8) is 0 Å². The minimum Gasteiger partial charge on any atom is -0.383 e. The minimum atomic E-state index is -0.183. The lowest BCUT2D eigenvalue weighted by atomic mass is 10.0. The highest BCUT2D eigenvalue weighted by Crippen LogP contribution is 2.13. The Morgan fingerprint density at radius 2 is 2.36 bits per heavy atom. The molecule has 0 bridgehead atoms. The van der Waals surface area contributed by atoms with Crippen molar-refractivity contribution < 1.29 is 14.3 Å². The second-order valence-electron chi connectivity index (χ2n) is 3.56. The first-order valence-electron chi connectivity index (χ1n) is 4.74. The van der Waals surface area contributed by atoms with Crippen LogP contribution >= 0.6 is 0 Å². The summed E-state index contributed by atoms with van der Waals surface area (Å²) in [6.07, 6.45) is 0. The molecule has 2 unspecified atom stereocenters. The fourth-order valence-electron chi connectivity index (χ4n) is 1.45. The molecule has 1 aliphatic heterocycles. The molecule has 0 spiro atoms. The van der Waals surface area contributed by atoms with Crippen LogP contribution in [0.15, 0.2) is 0 Å². The maximum absolute atomic E-state index is 11.8. The van der Waals surface area contributed by atoms with Crippen LogP contribution in [0.3, 0.4) is 0 Å². The Morgan fingerprint density at radius 1 is 1.64 bits per heavy atom. The molecule has 0 aromatic carbocycles. The van der Waals surface area contributed by atoms with Gasteiger partial charge < -0.3 is 20.1 Å². The Bertz CT molecular complexity index is 198. The molecule has 5 heteroatoms. The van der Waals surface area contributed by atoms with Crippen molar-refractivity contribution in [1.29, 1.82) is 0 Å². The maximum atomic E-state index is 11.8. The van der Waals surface area contributed by atoms with Gasteiger partial charge in [-0.25, -0.2) is 0 Å². The summed E-state index contributed by atoms with van der Waals surface area (Å²) in [6, 6.07) is -0.160. The van der Waals surface area contributed by atoms with Crippen LogP contribution in [0.2, 0.25) is 0 Å². The second kappa shape index (κ2) is 5.29. The average molecular weight is 202 g/mol. The van der Waals surface area contributed by atoms with E-state index >= 15 is 0 Å². The third-order valence-electron chi connectivity index (χ3n) is 2.45. The van der Waals surface area contributed by atoms with E-state index in [2.05, 4.69) is 0 Å². The van der Waals surface area contributed by atoms with E-state index in [0.29, 0.717) is 26.4 Å². The molecule has 0 saturated carbocycles. The zero-order chi connectivity index (χ0) is 10.6. The molecule has 1 aliphatic rings. The van der Waals surface area contributed by atoms with Crippen LogP contribution in [0.4, 0.5) is 0 Å². The van der Waals surface area contributed by atoms with E-state index in [0.717, 1.165) is 0 Å². The number of amides is 1. The number of nitrogens with two attached hydrogens (primary N) is 1. The molecule has 0 aromatic rings. The lowest BCUT2D eigenvalue weighted by Gasteiger charge is -2.21. The van der Waals surface area contributed by atoms with Crippen molar-refractivity contribution in [1.82, 2.24) is 4.90 Å². The molecule has 14 heavy (non-hydrogen) atoms. The quantitative estimate of drug-likeness (QED) is 0.639. The molecule has 2 N–H and O–H groups in total. The first kappa shape index (κ1) is 11.4. The zero-order valence-electron chi connectivity index (χ0n) is 8.73. The van der Waals surface area contributed by atoms with Gasteiger partial charge >= 0.3 is 0 Å². The lowest BCUT2D eigenvalue weighted by Crippen LogP contribution is -2.42. The van der Waals surface area contributed by atoms with Crippen molar-refractivity contribution in [3.8, 4) is 0 Å². The Kier molecular flexibility index (Phi) is 4.31. The van der Waals surface area contributed by atoms with E-state index in [9.17, 15) is 4.79 Å². The van der Waals surface area contributed by atoms with Gasteiger partial charge in [-0.15, -0.1) is 0 Å². The highest BCUT2D eigenvalue weighted by atomic mass is 16.5. The fourth-order valence-corrected chi connectivity index (χ4v) is 1.45. The third-order valence-corrected chi connectivity index (χ3v) is 2.45. The third kappa shape index (κ3) is 2.67. The molecular formula is C9H18N2O3. The summed E-state index contributed by atoms with van der Waals surface area (Å²) >= 11 is 0. The summed E-state index contributed by atoms with van der Waals surface area (Å²) in [7, 11) is 3.37. The average Bonchev–Trinajstić information content (AvgIpc) is 2.59. The summed E-state index contributed by atoms with van der Waals surface area (Å²) in [5, 5.41) is 0. The van der Waals surface area contributed by atoms with Crippen LogP contribution in [0, 0.1) is 5.92 Å². The Labute approximate surface area is 84.1 Å². The molecule has 0 aromatic heterocycles. The largest absolute Gasteiger partial charge is 0.383 e. The van der Waals surface area contributed by atoms with Crippen molar-refractivity contribution in [2.45, 2.75) is 6.04 Å². The number of hydrogen-bond acceptors (Lipinski definition) is 4. The van der Waals surface area contributed by atoms with Gasteiger partial charge in [-0.3, -0.25) is 4.79 Å². The van der Waals surface area contributed by atoms with Crippen LogP contribution in [0.5, 0.6) is 0 Å². The standard InChI is InChI=1S/C9H18N2O3/c1-11(3-4-13-2)9(12)7-5-14-6-8(7)10/h7-8H,3-6,10H2,1-2H3. The Balaban J connectivity index is 2.39. The molecule has 82 valence electrons. The summed E-state index contributed by atoms with van der Waals surface area (Å²) in [5.41, 5.74) is 5.74. The highest BCUT2D eigenvalue weighted by Gasteiger charge is 2.32. The molecule has 1 saturated heterocycles. The number of hydrogen-bond donors (Lipinski definition) is 1. The number of rotatable bonds is 4. The van der Waals surface area contributed by atoms with Crippen LogP contribution in [-0.2, 0) is 14.3 Å². The van der Waals surface area contributed by atoms with Gasteiger partial charge in [-0.2, -0.15) is 0 Å². The van der Waals surface area contributed by atoms with Crippen LogP contribution < -0.4 is 5.73 Å². The van der Waals surface area contributed by atoms with Crippen molar-refractivity contribution >= 4 is 5.91 Å². The van der Waals surface area contributed by atoms with Crippen LogP contribution in [0.25, 0.3) is 0 Å². The summed E-state index contributed by atoms with van der Waals surface area (Å²) in [6.45, 7) is 2.06. The molecule has 1 fully saturated rings. The predicted octanol–water partition coefficient (Wildman–Crippen LogP) is -0.935. The monoisotopic (exact) mass is 202 g/mol. The second-order valence-corrected chi connectivity index (χ2v) is 3.56. The van der Waals surface area contributed by atoms with Gasteiger partial charge in [-0.05, 0) is 0 Å². The first-order chi connectivity index (χ1) is 6.66. The van der Waals surface area contributed by atoms with E-state index in [1.807, 2.05) is 0 Å². The van der Waals surface area contributed by atoms with E-state index in [4.69, 9.17) is 15.2 Å². The molecule has 0 radical (unpaired) electrons. The number of ether oxygens (including phenoxy) is 2. The van der Waals surface area contributed by atoms with Crippen LogP contribution in [-0.4, -0.2) is 57.4 Å². The number of carbonyl (C=O) groups is 1. The number of nitrogens with zero attached hydrogens (tertiary/aromatic N) is 1. The summed E-state index contributed by atoms with van der Waals surface area (Å²) < 4.78 is 10.0. The number of likely N-dealkylation sites (N-methyl/N-ethyl adjacent to an activating group) is 1. The fraction of sp³-hybridized carbons (Fsp3) is 0.889. The normalized spacial score (nSPS) is 26.5. The van der Waals surface area contributed by atoms with Gasteiger partial charge in [0.2, 0.25) is 5.91 Å². The maximum Gasteiger partial charge on any atom is 0.229 e. The highest BCUT2D eigenvalue weighted by molar-refractivity contribution is 5.79. The van der Waals surface area contributed by atoms with Crippen molar-refractivity contribution in [3.05, 3.63) is 0 Å². The SMILES string of the molecule is COCCN(C)C(=O)C1COCC1N. The minimum absolute atomic E-state index is 0.0482. The Hall–Kier alpha value is -0.650. The van der Waals surface area contributed by atoms with E-state index in [1.165, 1.54) is 0 Å². The number of methoxy groups -OCH3 is 1. The van der Waals surface area contributed by atoms with Gasteiger partial charge in [0.15, 0.2) is 0 Å². The molecule has 1 rings (SSSR count). The van der Waals surface area contributed by atoms with E-state index in [-0.39, 0.29) is 17.9 Å². The van der Waals surface area contributed by atoms with Crippen molar-refractivity contribution in [2.24, 2.45) is 11.7 Å². The van der Waals surface area contributed by atoms with Gasteiger partial charge in [0, 0.05) is 26.7 Å². The summed E-state index contributed by atoms with van der Waals surface area (Å²) in [4.78, 5) is 13.4. The first-order valence-corrected chi connectivity index (χ1v) is 4.74. The zero-order valence-corrected chi connectivity index (χ0v) is 8.73. The molecular weight excluding hydrogens is 184 g/mol. The van der Waals surface area contributed by atoms with E-state index in [1.54, 1.807) is 19.1 Å². The Morgan fingerprint density at radius 3 is 2.86 bits per heavy atom. The van der Waals surface area contributed by atoms with Gasteiger partial charge in [0.1, 0.15) is 0 Å². The smallest absolute Gasteiger partial charge is 0.229 e. The predicted molar refractivity (Wildman–Crippen MR) is 51.8 cm³/mol. The molecule has 0 aliphatic carbocycles. The molecule has 2 atom stereocenters. The van der Waals surface area contributed by atoms with Gasteiger partial charge in [0.25, 0.3) is 0 Å². The molecule has 1 amide bonds. The number of carbonyl (C=O) groups excluding carboxylic acids is 1. The summed E-state index contributed by atoms with van der Waals surface area (Å²) in [5.74, 6) is -0.135. The molecule has 5 nitrogen and oxygen atoms in total. The van der Waals surface area contributed by atoms with Crippen LogP contribution in [0.1, 0.15) is 0 Å². The van der Waals surface area contributed by atoms with Gasteiger partial charge in [0.05, 0.1) is 25.7 Å². The topological polar surface area (TPSA) is 64.8 Å².